The Labute approximate surface area is 117 Å². The number of halogens is 3. The summed E-state index contributed by atoms with van der Waals surface area (Å²) < 4.78 is 41.1. The van der Waals surface area contributed by atoms with Gasteiger partial charge in [0.05, 0.1) is 12.7 Å². The average Bonchev–Trinajstić information content (AvgIpc) is 3.15. The van der Waals surface area contributed by atoms with Crippen molar-refractivity contribution in [1.82, 2.24) is 5.32 Å². The summed E-state index contributed by atoms with van der Waals surface area (Å²) in [5, 5.41) is 1.91. The molecule has 0 bridgehead atoms. The van der Waals surface area contributed by atoms with Crippen molar-refractivity contribution in [2.75, 3.05) is 19.7 Å². The number of alkyl halides is 3. The van der Waals surface area contributed by atoms with Crippen LogP contribution in [0.15, 0.2) is 0 Å². The first-order valence-corrected chi connectivity index (χ1v) is 7.06. The predicted molar refractivity (Wildman–Crippen MR) is 69.1 cm³/mol. The van der Waals surface area contributed by atoms with E-state index >= 15 is 0 Å². The van der Waals surface area contributed by atoms with E-state index in [0.717, 1.165) is 32.3 Å². The van der Waals surface area contributed by atoms with Gasteiger partial charge in [0.1, 0.15) is 6.54 Å². The molecule has 118 valence electrons. The van der Waals surface area contributed by atoms with E-state index in [9.17, 15) is 18.0 Å². The normalized spacial score (nSPS) is 19.7. The molecule has 1 saturated heterocycles. The van der Waals surface area contributed by atoms with Gasteiger partial charge < -0.3 is 15.8 Å². The summed E-state index contributed by atoms with van der Waals surface area (Å²) in [5.74, 6) is -0.486. The maximum Gasteiger partial charge on any atom is 0.405 e. The van der Waals surface area contributed by atoms with Crippen molar-refractivity contribution in [2.24, 2.45) is 11.7 Å². The van der Waals surface area contributed by atoms with Crippen LogP contribution < -0.4 is 11.1 Å². The van der Waals surface area contributed by atoms with Crippen LogP contribution in [0.4, 0.5) is 13.2 Å². The highest BCUT2D eigenvalue weighted by atomic mass is 19.4. The first-order valence-electron chi connectivity index (χ1n) is 7.06. The zero-order valence-corrected chi connectivity index (χ0v) is 11.5. The zero-order valence-electron chi connectivity index (χ0n) is 11.5. The van der Waals surface area contributed by atoms with E-state index in [0.29, 0.717) is 19.1 Å². The molecule has 20 heavy (non-hydrogen) atoms. The Hall–Kier alpha value is -0.820. The molecule has 2 unspecified atom stereocenters. The number of ether oxygens (including phenoxy) is 1. The Kier molecular flexibility index (Phi) is 7.29. The highest BCUT2D eigenvalue weighted by molar-refractivity contribution is 5.76. The quantitative estimate of drug-likeness (QED) is 0.478. The van der Waals surface area contributed by atoms with Crippen molar-refractivity contribution < 1.29 is 22.7 Å². The topological polar surface area (TPSA) is 67.6 Å². The second kappa shape index (κ2) is 8.46. The van der Waals surface area contributed by atoms with E-state index in [-0.39, 0.29) is 12.3 Å². The molecule has 2 atom stereocenters. The van der Waals surface area contributed by atoms with Crippen molar-refractivity contribution >= 4 is 5.91 Å². The Morgan fingerprint density at radius 2 is 2.05 bits per heavy atom. The van der Waals surface area contributed by atoms with Crippen LogP contribution in [0.1, 0.15) is 38.5 Å². The number of nitrogens with one attached hydrogen (secondary N) is 1. The minimum absolute atomic E-state index is 0.0633. The van der Waals surface area contributed by atoms with E-state index in [2.05, 4.69) is 0 Å². The Bertz CT molecular complexity index is 294. The molecule has 0 radical (unpaired) electrons. The standard InChI is InChI=1S/C13H23F3N2O2/c14-13(15,16)9-18-12(19)7-10(5-6-17)3-1-2-4-11-8-20-11/h10-11H,1-9,17H2,(H,18,19). The van der Waals surface area contributed by atoms with Gasteiger partial charge in [0.2, 0.25) is 5.91 Å². The molecule has 1 fully saturated rings. The summed E-state index contributed by atoms with van der Waals surface area (Å²) in [5.41, 5.74) is 5.48. The molecular weight excluding hydrogens is 273 g/mol. The lowest BCUT2D eigenvalue weighted by Gasteiger charge is -2.16. The maximum absolute atomic E-state index is 12.0. The fourth-order valence-corrected chi connectivity index (χ4v) is 2.16. The van der Waals surface area contributed by atoms with Crippen LogP contribution in [-0.2, 0) is 9.53 Å². The summed E-state index contributed by atoms with van der Waals surface area (Å²) in [4.78, 5) is 11.5. The van der Waals surface area contributed by atoms with Gasteiger partial charge in [0.25, 0.3) is 0 Å². The molecule has 1 aliphatic heterocycles. The van der Waals surface area contributed by atoms with Crippen molar-refractivity contribution in [3.8, 4) is 0 Å². The van der Waals surface area contributed by atoms with Gasteiger partial charge in [-0.25, -0.2) is 0 Å². The molecule has 3 N–H and O–H groups in total. The predicted octanol–water partition coefficient (Wildman–Crippen LogP) is 1.98. The monoisotopic (exact) mass is 296 g/mol. The number of carbonyl (C=O) groups excluding carboxylic acids is 1. The van der Waals surface area contributed by atoms with Crippen LogP contribution in [0.3, 0.4) is 0 Å². The second-order valence-electron chi connectivity index (χ2n) is 5.28. The van der Waals surface area contributed by atoms with Crippen molar-refractivity contribution in [1.29, 1.82) is 0 Å². The molecule has 4 nitrogen and oxygen atoms in total. The number of amides is 1. The van der Waals surface area contributed by atoms with Crippen molar-refractivity contribution in [3.63, 3.8) is 0 Å². The van der Waals surface area contributed by atoms with Crippen molar-refractivity contribution in [2.45, 2.75) is 50.8 Å². The van der Waals surface area contributed by atoms with E-state index in [4.69, 9.17) is 10.5 Å². The zero-order chi connectivity index (χ0) is 15.0. The van der Waals surface area contributed by atoms with Gasteiger partial charge >= 0.3 is 6.18 Å². The molecule has 0 aromatic heterocycles. The number of hydrogen-bond donors (Lipinski definition) is 2. The highest BCUT2D eigenvalue weighted by Gasteiger charge is 2.28. The summed E-state index contributed by atoms with van der Waals surface area (Å²) >= 11 is 0. The van der Waals surface area contributed by atoms with Gasteiger partial charge in [-0.2, -0.15) is 13.2 Å². The number of rotatable bonds is 10. The lowest BCUT2D eigenvalue weighted by atomic mass is 9.94. The van der Waals surface area contributed by atoms with Gasteiger partial charge in [-0.3, -0.25) is 4.79 Å². The lowest BCUT2D eigenvalue weighted by molar-refractivity contribution is -0.139. The lowest BCUT2D eigenvalue weighted by Crippen LogP contribution is -2.34. The Balaban J connectivity index is 2.16. The third-order valence-electron chi connectivity index (χ3n) is 3.33. The van der Waals surface area contributed by atoms with Crippen LogP contribution in [0, 0.1) is 5.92 Å². The maximum atomic E-state index is 12.0. The van der Waals surface area contributed by atoms with E-state index in [1.807, 2.05) is 5.32 Å². The summed E-state index contributed by atoms with van der Waals surface area (Å²) in [7, 11) is 0. The number of hydrogen-bond acceptors (Lipinski definition) is 3. The van der Waals surface area contributed by atoms with Crippen molar-refractivity contribution in [3.05, 3.63) is 0 Å². The molecule has 7 heteroatoms. The van der Waals surface area contributed by atoms with Crippen LogP contribution >= 0.6 is 0 Å². The SMILES string of the molecule is NCCC(CCCCC1CO1)CC(=O)NCC(F)(F)F. The Morgan fingerprint density at radius 1 is 1.35 bits per heavy atom. The Morgan fingerprint density at radius 3 is 2.60 bits per heavy atom. The fourth-order valence-electron chi connectivity index (χ4n) is 2.16. The van der Waals surface area contributed by atoms with Crippen LogP contribution in [0.25, 0.3) is 0 Å². The molecule has 0 aromatic rings. The van der Waals surface area contributed by atoms with E-state index < -0.39 is 18.6 Å². The fraction of sp³-hybridized carbons (Fsp3) is 0.923. The van der Waals surface area contributed by atoms with Gasteiger partial charge in [-0.05, 0) is 31.7 Å². The number of unbranched alkanes of at least 4 members (excludes halogenated alkanes) is 1. The summed E-state index contributed by atoms with van der Waals surface area (Å²) in [6.45, 7) is 0.0230. The van der Waals surface area contributed by atoms with Gasteiger partial charge in [0, 0.05) is 6.42 Å². The number of carbonyl (C=O) groups is 1. The second-order valence-corrected chi connectivity index (χ2v) is 5.28. The van der Waals surface area contributed by atoms with Gasteiger partial charge in [0.15, 0.2) is 0 Å². The minimum atomic E-state index is -4.36. The molecular formula is C13H23F3N2O2. The number of nitrogens with two attached hydrogens (primary N) is 1. The molecule has 1 amide bonds. The minimum Gasteiger partial charge on any atom is -0.373 e. The smallest absolute Gasteiger partial charge is 0.373 e. The first kappa shape index (κ1) is 17.2. The molecule has 1 aliphatic rings. The van der Waals surface area contributed by atoms with Crippen LogP contribution in [0.5, 0.6) is 0 Å². The third kappa shape index (κ3) is 9.14. The highest BCUT2D eigenvalue weighted by Crippen LogP contribution is 2.21. The van der Waals surface area contributed by atoms with Gasteiger partial charge in [-0.1, -0.05) is 12.8 Å². The van der Waals surface area contributed by atoms with E-state index in [1.54, 1.807) is 0 Å². The van der Waals surface area contributed by atoms with E-state index in [1.165, 1.54) is 0 Å². The third-order valence-corrected chi connectivity index (χ3v) is 3.33. The average molecular weight is 296 g/mol. The molecule has 1 heterocycles. The van der Waals surface area contributed by atoms with Crippen LogP contribution in [0.2, 0.25) is 0 Å². The molecule has 0 spiro atoms. The largest absolute Gasteiger partial charge is 0.405 e. The summed E-state index contributed by atoms with van der Waals surface area (Å²) in [6, 6.07) is 0. The van der Waals surface area contributed by atoms with Gasteiger partial charge in [-0.15, -0.1) is 0 Å². The molecule has 0 aliphatic carbocycles. The summed E-state index contributed by atoms with van der Waals surface area (Å²) in [6.07, 6.45) is 0.653. The number of epoxide rings is 1. The molecule has 1 rings (SSSR count). The van der Waals surface area contributed by atoms with Crippen LogP contribution in [-0.4, -0.2) is 37.9 Å². The first-order chi connectivity index (χ1) is 9.40. The molecule has 0 aromatic carbocycles. The molecule has 0 saturated carbocycles.